The van der Waals surface area contributed by atoms with Crippen LogP contribution in [0.2, 0.25) is 5.02 Å². The third kappa shape index (κ3) is 2.12. The van der Waals surface area contributed by atoms with Gasteiger partial charge in [0, 0.05) is 30.9 Å². The Balaban J connectivity index is 1.67. The number of hydrogen-bond donors (Lipinski definition) is 2. The van der Waals surface area contributed by atoms with E-state index in [0.717, 1.165) is 30.9 Å². The maximum absolute atomic E-state index is 6.05. The number of nitrogens with one attached hydrogen (secondary N) is 1. The van der Waals surface area contributed by atoms with Crippen LogP contribution in [0.5, 0.6) is 5.88 Å². The molecule has 3 aliphatic rings. The molecule has 1 fully saturated rings. The molecule has 0 saturated carbocycles. The van der Waals surface area contributed by atoms with Gasteiger partial charge < -0.3 is 20.7 Å². The number of hydrogen-bond acceptors (Lipinski definition) is 7. The molecule has 116 valence electrons. The number of likely N-dealkylation sites (N-methyl/N-ethyl adjacent to an activating group) is 1. The van der Waals surface area contributed by atoms with Gasteiger partial charge in [0.05, 0.1) is 5.02 Å². The minimum Gasteiger partial charge on any atom is -0.463 e. The van der Waals surface area contributed by atoms with Gasteiger partial charge in [0.2, 0.25) is 11.8 Å². The van der Waals surface area contributed by atoms with Crippen LogP contribution in [-0.2, 0) is 0 Å². The van der Waals surface area contributed by atoms with Crippen LogP contribution >= 0.6 is 11.6 Å². The van der Waals surface area contributed by atoms with Crippen LogP contribution in [0.25, 0.3) is 0 Å². The van der Waals surface area contributed by atoms with Gasteiger partial charge in [-0.25, -0.2) is 9.98 Å². The zero-order chi connectivity index (χ0) is 15.3. The zero-order valence-electron chi connectivity index (χ0n) is 12.2. The maximum atomic E-state index is 6.05. The van der Waals surface area contributed by atoms with E-state index >= 15 is 0 Å². The van der Waals surface area contributed by atoms with E-state index in [1.54, 1.807) is 6.20 Å². The quantitative estimate of drug-likeness (QED) is 0.789. The molecule has 0 spiro atoms. The van der Waals surface area contributed by atoms with Crippen LogP contribution < -0.4 is 15.8 Å². The molecule has 7 nitrogen and oxygen atoms in total. The fourth-order valence-corrected chi connectivity index (χ4v) is 3.41. The van der Waals surface area contributed by atoms with Gasteiger partial charge in [-0.2, -0.15) is 4.99 Å². The van der Waals surface area contributed by atoms with Crippen molar-refractivity contribution in [3.05, 3.63) is 22.8 Å². The van der Waals surface area contributed by atoms with Gasteiger partial charge >= 0.3 is 0 Å². The molecule has 1 saturated heterocycles. The van der Waals surface area contributed by atoms with Crippen molar-refractivity contribution < 1.29 is 4.74 Å². The van der Waals surface area contributed by atoms with E-state index in [-0.39, 0.29) is 18.1 Å². The summed E-state index contributed by atoms with van der Waals surface area (Å²) in [4.78, 5) is 15.3. The molecule has 0 amide bonds. The number of ether oxygens (including phenoxy) is 1. The number of nitrogens with zero attached hydrogens (tertiary/aromatic N) is 4. The first-order chi connectivity index (χ1) is 10.7. The zero-order valence-corrected chi connectivity index (χ0v) is 12.9. The van der Waals surface area contributed by atoms with Crippen LogP contribution in [0, 0.1) is 0 Å². The highest BCUT2D eigenvalue weighted by atomic mass is 35.5. The molecule has 1 aromatic rings. The Morgan fingerprint density at radius 1 is 1.50 bits per heavy atom. The first-order valence-corrected chi connectivity index (χ1v) is 7.69. The first kappa shape index (κ1) is 13.8. The van der Waals surface area contributed by atoms with E-state index in [1.165, 1.54) is 0 Å². The van der Waals surface area contributed by atoms with Crippen LogP contribution in [0.1, 0.15) is 18.0 Å². The molecule has 3 aliphatic heterocycles. The van der Waals surface area contributed by atoms with E-state index in [0.29, 0.717) is 16.9 Å². The smallest absolute Gasteiger partial charge is 0.219 e. The third-order valence-electron chi connectivity index (χ3n) is 4.36. The van der Waals surface area contributed by atoms with Crippen molar-refractivity contribution in [2.45, 2.75) is 24.6 Å². The van der Waals surface area contributed by atoms with Gasteiger partial charge in [0.1, 0.15) is 6.04 Å². The fraction of sp³-hybridized carbons (Fsp3) is 0.500. The van der Waals surface area contributed by atoms with Crippen LogP contribution in [-0.4, -0.2) is 54.0 Å². The lowest BCUT2D eigenvalue weighted by atomic mass is 10.0. The van der Waals surface area contributed by atoms with Crippen molar-refractivity contribution >= 4 is 23.4 Å². The van der Waals surface area contributed by atoms with Crippen LogP contribution in [0.15, 0.2) is 22.2 Å². The molecule has 0 bridgehead atoms. The number of halogens is 1. The molecule has 4 rings (SSSR count). The SMILES string of the molecule is CN[C@@H]1CCN(C2=NC(N)=NC3c4cc(Cl)cnc4OC23)C1. The molecule has 8 heteroatoms. The van der Waals surface area contributed by atoms with Crippen LogP contribution in [0.4, 0.5) is 0 Å². The Morgan fingerprint density at radius 2 is 2.36 bits per heavy atom. The van der Waals surface area contributed by atoms with E-state index in [9.17, 15) is 0 Å². The molecule has 2 unspecified atom stereocenters. The average molecular weight is 321 g/mol. The highest BCUT2D eigenvalue weighted by molar-refractivity contribution is 6.30. The Kier molecular flexibility index (Phi) is 3.19. The molecule has 3 atom stereocenters. The van der Waals surface area contributed by atoms with Crippen molar-refractivity contribution in [3.63, 3.8) is 0 Å². The van der Waals surface area contributed by atoms with Gasteiger partial charge in [0.25, 0.3) is 0 Å². The van der Waals surface area contributed by atoms with Crippen molar-refractivity contribution in [1.29, 1.82) is 0 Å². The van der Waals surface area contributed by atoms with Crippen LogP contribution in [0.3, 0.4) is 0 Å². The number of aliphatic imine (C=N–C) groups is 2. The highest BCUT2D eigenvalue weighted by Gasteiger charge is 2.44. The largest absolute Gasteiger partial charge is 0.463 e. The predicted octanol–water partition coefficient (Wildman–Crippen LogP) is 0.558. The lowest BCUT2D eigenvalue weighted by molar-refractivity contribution is 0.246. The first-order valence-electron chi connectivity index (χ1n) is 7.32. The molecule has 0 aliphatic carbocycles. The van der Waals surface area contributed by atoms with Crippen molar-refractivity contribution in [3.8, 4) is 5.88 Å². The minimum atomic E-state index is -0.274. The van der Waals surface area contributed by atoms with Crippen molar-refractivity contribution in [2.75, 3.05) is 20.1 Å². The average Bonchev–Trinajstić information content (AvgIpc) is 3.11. The normalized spacial score (nSPS) is 29.5. The number of amidine groups is 1. The molecule has 22 heavy (non-hydrogen) atoms. The number of guanidine groups is 1. The second-order valence-electron chi connectivity index (χ2n) is 5.71. The number of fused-ring (bicyclic) bond motifs is 3. The van der Waals surface area contributed by atoms with Gasteiger partial charge in [-0.1, -0.05) is 11.6 Å². The fourth-order valence-electron chi connectivity index (χ4n) is 3.24. The number of likely N-dealkylation sites (tertiary alicyclic amines) is 1. The number of pyridine rings is 1. The molecule has 1 aromatic heterocycles. The summed E-state index contributed by atoms with van der Waals surface area (Å²) < 4.78 is 5.98. The van der Waals surface area contributed by atoms with E-state index in [1.807, 2.05) is 13.1 Å². The molecule has 4 heterocycles. The summed E-state index contributed by atoms with van der Waals surface area (Å²) in [5.41, 5.74) is 6.79. The van der Waals surface area contributed by atoms with Gasteiger partial charge in [-0.3, -0.25) is 0 Å². The molecule has 3 N–H and O–H groups in total. The van der Waals surface area contributed by atoms with E-state index in [2.05, 4.69) is 25.2 Å². The Bertz CT molecular complexity index is 675. The maximum Gasteiger partial charge on any atom is 0.219 e. The number of rotatable bonds is 1. The second kappa shape index (κ2) is 5.10. The Labute approximate surface area is 133 Å². The van der Waals surface area contributed by atoms with E-state index in [4.69, 9.17) is 22.1 Å². The molecular weight excluding hydrogens is 304 g/mol. The number of nitrogens with two attached hydrogens (primary N) is 1. The number of aromatic nitrogens is 1. The van der Waals surface area contributed by atoms with Crippen molar-refractivity contribution in [2.24, 2.45) is 15.7 Å². The summed E-state index contributed by atoms with van der Waals surface area (Å²) in [6, 6.07) is 2.08. The highest BCUT2D eigenvalue weighted by Crippen LogP contribution is 2.41. The summed E-state index contributed by atoms with van der Waals surface area (Å²) in [6.45, 7) is 1.81. The van der Waals surface area contributed by atoms with Gasteiger partial charge in [-0.05, 0) is 19.5 Å². The Morgan fingerprint density at radius 3 is 3.14 bits per heavy atom. The lowest BCUT2D eigenvalue weighted by Crippen LogP contribution is -2.46. The molecule has 0 radical (unpaired) electrons. The summed E-state index contributed by atoms with van der Waals surface area (Å²) in [6.07, 6.45) is 2.37. The Hall–Kier alpha value is -1.86. The van der Waals surface area contributed by atoms with Crippen molar-refractivity contribution in [1.82, 2.24) is 15.2 Å². The summed E-state index contributed by atoms with van der Waals surface area (Å²) in [5.74, 6) is 1.68. The summed E-state index contributed by atoms with van der Waals surface area (Å²) in [7, 11) is 1.98. The molecule has 0 aromatic carbocycles. The summed E-state index contributed by atoms with van der Waals surface area (Å²) in [5, 5.41) is 3.87. The standard InChI is InChI=1S/C14H17ClN6O/c1-17-8-2-3-21(6-8)12-11-10(19-14(16)20-12)9-4-7(15)5-18-13(9)22-11/h4-5,8,10-11,17H,2-3,6H2,1H3,(H2,16,19)/t8-,10?,11?/m1/s1. The molecular formula is C14H17ClN6O. The monoisotopic (exact) mass is 320 g/mol. The topological polar surface area (TPSA) is 88.1 Å². The second-order valence-corrected chi connectivity index (χ2v) is 6.15. The van der Waals surface area contributed by atoms with Gasteiger partial charge in [0.15, 0.2) is 11.9 Å². The third-order valence-corrected chi connectivity index (χ3v) is 4.57. The lowest BCUT2D eigenvalue weighted by Gasteiger charge is -2.29. The van der Waals surface area contributed by atoms with E-state index < -0.39 is 0 Å². The summed E-state index contributed by atoms with van der Waals surface area (Å²) >= 11 is 6.05. The predicted molar refractivity (Wildman–Crippen MR) is 84.5 cm³/mol. The minimum absolute atomic E-state index is 0.220. The van der Waals surface area contributed by atoms with Gasteiger partial charge in [-0.15, -0.1) is 0 Å².